The lowest BCUT2D eigenvalue weighted by Gasteiger charge is -2.18. The molecule has 208 valence electrons. The molecule has 8 heteroatoms. The number of halogens is 3. The predicted octanol–water partition coefficient (Wildman–Crippen LogP) is 7.41. The monoisotopic (exact) mass is 540 g/mol. The SMILES string of the molecule is CC(COC(=O)/C=C/c1ccc(OC(F)(F)c2ccc(CCCCCCF)cc2)cc1)c1ccc(N)cc1N. The Kier molecular flexibility index (Phi) is 10.8. The van der Waals surface area contributed by atoms with Gasteiger partial charge in [0, 0.05) is 23.4 Å². The van der Waals surface area contributed by atoms with Gasteiger partial charge in [-0.3, -0.25) is 4.39 Å². The van der Waals surface area contributed by atoms with Gasteiger partial charge in [0.15, 0.2) is 0 Å². The van der Waals surface area contributed by atoms with Gasteiger partial charge in [-0.05, 0) is 78.4 Å². The van der Waals surface area contributed by atoms with Gasteiger partial charge in [-0.15, -0.1) is 0 Å². The first-order valence-electron chi connectivity index (χ1n) is 13.0. The molecule has 0 aliphatic heterocycles. The van der Waals surface area contributed by atoms with E-state index < -0.39 is 12.1 Å². The smallest absolute Gasteiger partial charge is 0.426 e. The molecule has 0 bridgehead atoms. The second-order valence-electron chi connectivity index (χ2n) is 9.49. The number of hydrogen-bond donors (Lipinski definition) is 2. The first-order valence-corrected chi connectivity index (χ1v) is 13.0. The molecular weight excluding hydrogens is 505 g/mol. The molecule has 3 aromatic carbocycles. The Hall–Kier alpha value is -3.94. The number of rotatable bonds is 14. The lowest BCUT2D eigenvalue weighted by Crippen LogP contribution is -2.21. The molecule has 0 aromatic heterocycles. The van der Waals surface area contributed by atoms with Crippen molar-refractivity contribution in [2.75, 3.05) is 24.7 Å². The first-order chi connectivity index (χ1) is 18.7. The van der Waals surface area contributed by atoms with Gasteiger partial charge in [0.2, 0.25) is 0 Å². The number of aryl methyl sites for hydroxylation is 1. The van der Waals surface area contributed by atoms with Crippen molar-refractivity contribution in [1.29, 1.82) is 0 Å². The van der Waals surface area contributed by atoms with Crippen LogP contribution in [0.4, 0.5) is 24.5 Å². The van der Waals surface area contributed by atoms with E-state index >= 15 is 0 Å². The normalized spacial score (nSPS) is 12.4. The Labute approximate surface area is 227 Å². The van der Waals surface area contributed by atoms with Crippen LogP contribution in [0.5, 0.6) is 5.75 Å². The number of unbranched alkanes of at least 4 members (excludes halogenated alkanes) is 3. The van der Waals surface area contributed by atoms with Crippen LogP contribution in [0.15, 0.2) is 72.8 Å². The van der Waals surface area contributed by atoms with Crippen LogP contribution in [0, 0.1) is 0 Å². The number of nitrogen functional groups attached to an aromatic ring is 2. The van der Waals surface area contributed by atoms with Gasteiger partial charge in [0.1, 0.15) is 5.75 Å². The van der Waals surface area contributed by atoms with Crippen molar-refractivity contribution >= 4 is 23.4 Å². The van der Waals surface area contributed by atoms with Crippen molar-refractivity contribution in [1.82, 2.24) is 0 Å². The highest BCUT2D eigenvalue weighted by atomic mass is 19.3. The van der Waals surface area contributed by atoms with Gasteiger partial charge in [-0.2, -0.15) is 8.78 Å². The van der Waals surface area contributed by atoms with E-state index in [2.05, 4.69) is 0 Å². The zero-order valence-corrected chi connectivity index (χ0v) is 22.0. The molecule has 0 radical (unpaired) electrons. The van der Waals surface area contributed by atoms with Crippen LogP contribution in [0.1, 0.15) is 60.8 Å². The molecular formula is C31H35F3N2O3. The summed E-state index contributed by atoms with van der Waals surface area (Å²) in [7, 11) is 0. The Morgan fingerprint density at radius 3 is 2.31 bits per heavy atom. The molecule has 0 saturated heterocycles. The fraction of sp³-hybridized carbons (Fsp3) is 0.323. The summed E-state index contributed by atoms with van der Waals surface area (Å²) < 4.78 is 51.8. The Balaban J connectivity index is 1.48. The summed E-state index contributed by atoms with van der Waals surface area (Å²) in [4.78, 5) is 12.1. The fourth-order valence-corrected chi connectivity index (χ4v) is 4.05. The zero-order chi connectivity index (χ0) is 28.3. The maximum absolute atomic E-state index is 14.7. The maximum atomic E-state index is 14.7. The van der Waals surface area contributed by atoms with E-state index in [9.17, 15) is 18.0 Å². The van der Waals surface area contributed by atoms with E-state index in [0.29, 0.717) is 23.4 Å². The number of alkyl halides is 3. The summed E-state index contributed by atoms with van der Waals surface area (Å²) in [5.74, 6) is -0.659. The molecule has 0 aliphatic carbocycles. The summed E-state index contributed by atoms with van der Waals surface area (Å²) in [5.41, 5.74) is 15.0. The first kappa shape index (κ1) is 29.6. The fourth-order valence-electron chi connectivity index (χ4n) is 4.05. The molecule has 39 heavy (non-hydrogen) atoms. The van der Waals surface area contributed by atoms with E-state index in [1.54, 1.807) is 36.4 Å². The summed E-state index contributed by atoms with van der Waals surface area (Å²) in [5, 5.41) is 0. The lowest BCUT2D eigenvalue weighted by molar-refractivity contribution is -0.185. The zero-order valence-electron chi connectivity index (χ0n) is 22.0. The summed E-state index contributed by atoms with van der Waals surface area (Å²) in [6.45, 7) is 1.72. The third kappa shape index (κ3) is 9.39. The Bertz CT molecular complexity index is 1230. The van der Waals surface area contributed by atoms with Crippen LogP contribution >= 0.6 is 0 Å². The van der Waals surface area contributed by atoms with E-state index in [4.69, 9.17) is 20.9 Å². The van der Waals surface area contributed by atoms with Crippen LogP contribution in [0.2, 0.25) is 0 Å². The largest absolute Gasteiger partial charge is 0.462 e. The molecule has 3 rings (SSSR count). The Morgan fingerprint density at radius 1 is 0.949 bits per heavy atom. The lowest BCUT2D eigenvalue weighted by atomic mass is 10.00. The van der Waals surface area contributed by atoms with Crippen LogP contribution in [-0.4, -0.2) is 19.3 Å². The van der Waals surface area contributed by atoms with Gasteiger partial charge in [0.25, 0.3) is 0 Å². The number of nitrogens with two attached hydrogens (primary N) is 2. The van der Waals surface area contributed by atoms with Gasteiger partial charge < -0.3 is 20.9 Å². The molecule has 5 nitrogen and oxygen atoms in total. The molecule has 1 atom stereocenters. The molecule has 0 spiro atoms. The summed E-state index contributed by atoms with van der Waals surface area (Å²) >= 11 is 0. The second-order valence-corrected chi connectivity index (χ2v) is 9.49. The molecule has 0 fully saturated rings. The molecule has 0 heterocycles. The number of ether oxygens (including phenoxy) is 2. The van der Waals surface area contributed by atoms with Crippen molar-refractivity contribution in [3.8, 4) is 5.75 Å². The third-order valence-corrected chi connectivity index (χ3v) is 6.29. The molecule has 1 unspecified atom stereocenters. The number of anilines is 2. The third-order valence-electron chi connectivity index (χ3n) is 6.29. The van der Waals surface area contributed by atoms with Gasteiger partial charge in [-0.25, -0.2) is 4.79 Å². The van der Waals surface area contributed by atoms with Crippen LogP contribution in [0.25, 0.3) is 6.08 Å². The maximum Gasteiger partial charge on any atom is 0.426 e. The van der Waals surface area contributed by atoms with E-state index in [0.717, 1.165) is 36.8 Å². The topological polar surface area (TPSA) is 87.6 Å². The highest BCUT2D eigenvalue weighted by Crippen LogP contribution is 2.32. The van der Waals surface area contributed by atoms with Crippen LogP contribution in [0.3, 0.4) is 0 Å². The number of hydrogen-bond acceptors (Lipinski definition) is 5. The van der Waals surface area contributed by atoms with Crippen molar-refractivity contribution in [2.24, 2.45) is 0 Å². The van der Waals surface area contributed by atoms with Gasteiger partial charge >= 0.3 is 12.1 Å². The van der Waals surface area contributed by atoms with E-state index in [-0.39, 0.29) is 30.5 Å². The van der Waals surface area contributed by atoms with E-state index in [1.807, 2.05) is 13.0 Å². The molecule has 0 saturated carbocycles. The van der Waals surface area contributed by atoms with Crippen LogP contribution in [-0.2, 0) is 22.1 Å². The molecule has 0 amide bonds. The average Bonchev–Trinajstić information content (AvgIpc) is 2.91. The van der Waals surface area contributed by atoms with Crippen LogP contribution < -0.4 is 16.2 Å². The summed E-state index contributed by atoms with van der Waals surface area (Å²) in [6, 6.07) is 17.2. The number of benzene rings is 3. The van der Waals surface area contributed by atoms with Crippen molar-refractivity contribution in [3.63, 3.8) is 0 Å². The average molecular weight is 541 g/mol. The van der Waals surface area contributed by atoms with Crippen molar-refractivity contribution < 1.29 is 27.4 Å². The second kappa shape index (κ2) is 14.3. The molecule has 0 aliphatic rings. The number of esters is 1. The standard InChI is InChI=1S/C31H35F3N2O3/c1-22(28-17-14-26(35)20-29(28)36)21-38-30(37)18-11-24-9-15-27(16-10-24)39-31(33,34)25-12-7-23(8-13-25)6-4-2-3-5-19-32/h7-18,20,22H,2-6,19,21,35-36H2,1H3/b18-11+. The van der Waals surface area contributed by atoms with Crippen molar-refractivity contribution in [3.05, 3.63) is 95.1 Å². The highest BCUT2D eigenvalue weighted by molar-refractivity contribution is 5.87. The molecule has 4 N–H and O–H groups in total. The van der Waals surface area contributed by atoms with Crippen molar-refractivity contribution in [2.45, 2.75) is 51.1 Å². The quantitative estimate of drug-likeness (QED) is 0.0962. The molecule has 3 aromatic rings. The minimum Gasteiger partial charge on any atom is -0.462 e. The minimum absolute atomic E-state index is 0.00780. The predicted molar refractivity (Wildman–Crippen MR) is 149 cm³/mol. The van der Waals surface area contributed by atoms with Gasteiger partial charge in [0.05, 0.1) is 18.8 Å². The van der Waals surface area contributed by atoms with Gasteiger partial charge in [-0.1, -0.05) is 50.1 Å². The van der Waals surface area contributed by atoms with E-state index in [1.165, 1.54) is 36.4 Å². The number of carbonyl (C=O) groups is 1. The summed E-state index contributed by atoms with van der Waals surface area (Å²) in [6.07, 6.45) is 3.25. The highest BCUT2D eigenvalue weighted by Gasteiger charge is 2.34. The minimum atomic E-state index is -3.51. The number of carbonyl (C=O) groups excluding carboxylic acids is 1. The Morgan fingerprint density at radius 2 is 1.64 bits per heavy atom.